The van der Waals surface area contributed by atoms with Gasteiger partial charge in [-0.15, -0.1) is 0 Å². The maximum Gasteiger partial charge on any atom is 0.141 e. The average Bonchev–Trinajstić information content (AvgIpc) is 2.51. The van der Waals surface area contributed by atoms with Crippen LogP contribution in [-0.2, 0) is 0 Å². The molecule has 3 rings (SSSR count). The van der Waals surface area contributed by atoms with Gasteiger partial charge in [0, 0.05) is 18.1 Å². The molecule has 2 aromatic rings. The second kappa shape index (κ2) is 6.14. The monoisotopic (exact) mass is 304 g/mol. The Bertz CT molecular complexity index is 670. The standard InChI is InChI=1S/C16H14ClFN2O/c17-11-5-7-12(8-6-11)21-14-4-1-3-13(18)15(14)16-19-9-2-10-20-16/h1,3-8H,2,9-10H2,(H,19,20). The molecule has 0 amide bonds. The fourth-order valence-electron chi connectivity index (χ4n) is 2.15. The SMILES string of the molecule is Fc1cccc(Oc2ccc(Cl)cc2)c1C1=NCCCN1. The van der Waals surface area contributed by atoms with Gasteiger partial charge in [-0.3, -0.25) is 4.99 Å². The number of hydrogen-bond donors (Lipinski definition) is 1. The van der Waals surface area contributed by atoms with E-state index in [4.69, 9.17) is 16.3 Å². The third-order valence-electron chi connectivity index (χ3n) is 3.15. The Morgan fingerprint density at radius 1 is 1.14 bits per heavy atom. The number of hydrogen-bond acceptors (Lipinski definition) is 3. The highest BCUT2D eigenvalue weighted by Crippen LogP contribution is 2.28. The number of benzene rings is 2. The zero-order valence-corrected chi connectivity index (χ0v) is 12.0. The summed E-state index contributed by atoms with van der Waals surface area (Å²) in [5.41, 5.74) is 0.368. The van der Waals surface area contributed by atoms with Crippen molar-refractivity contribution in [2.45, 2.75) is 6.42 Å². The lowest BCUT2D eigenvalue weighted by molar-refractivity contribution is 0.474. The summed E-state index contributed by atoms with van der Waals surface area (Å²) in [4.78, 5) is 4.34. The van der Waals surface area contributed by atoms with Crippen LogP contribution in [0.1, 0.15) is 12.0 Å². The number of halogens is 2. The van der Waals surface area contributed by atoms with E-state index in [0.717, 1.165) is 13.0 Å². The van der Waals surface area contributed by atoms with Gasteiger partial charge in [-0.25, -0.2) is 4.39 Å². The van der Waals surface area contributed by atoms with Crippen molar-refractivity contribution in [3.05, 3.63) is 58.9 Å². The normalized spacial score (nSPS) is 14.3. The first kappa shape index (κ1) is 13.9. The third-order valence-corrected chi connectivity index (χ3v) is 3.40. The number of nitrogens with one attached hydrogen (secondary N) is 1. The molecule has 1 aliphatic heterocycles. The van der Waals surface area contributed by atoms with E-state index in [-0.39, 0.29) is 5.82 Å². The summed E-state index contributed by atoms with van der Waals surface area (Å²) in [7, 11) is 0. The first-order valence-corrected chi connectivity index (χ1v) is 7.12. The highest BCUT2D eigenvalue weighted by atomic mass is 35.5. The molecule has 0 spiro atoms. The van der Waals surface area contributed by atoms with E-state index in [1.54, 1.807) is 36.4 Å². The smallest absolute Gasteiger partial charge is 0.141 e. The summed E-state index contributed by atoms with van der Waals surface area (Å²) >= 11 is 5.85. The van der Waals surface area contributed by atoms with E-state index in [9.17, 15) is 4.39 Å². The van der Waals surface area contributed by atoms with E-state index >= 15 is 0 Å². The molecular weight excluding hydrogens is 291 g/mol. The van der Waals surface area contributed by atoms with Crippen LogP contribution >= 0.6 is 11.6 Å². The Kier molecular flexibility index (Phi) is 4.06. The Morgan fingerprint density at radius 2 is 1.95 bits per heavy atom. The van der Waals surface area contributed by atoms with Crippen molar-refractivity contribution in [3.8, 4) is 11.5 Å². The molecule has 1 heterocycles. The molecule has 0 saturated carbocycles. The molecule has 0 saturated heterocycles. The van der Waals surface area contributed by atoms with Gasteiger partial charge in [-0.2, -0.15) is 0 Å². The number of ether oxygens (including phenoxy) is 1. The summed E-state index contributed by atoms with van der Waals surface area (Å²) in [6, 6.07) is 11.7. The molecule has 2 aromatic carbocycles. The number of amidine groups is 1. The van der Waals surface area contributed by atoms with Crippen molar-refractivity contribution in [1.29, 1.82) is 0 Å². The van der Waals surface area contributed by atoms with E-state index < -0.39 is 0 Å². The van der Waals surface area contributed by atoms with Crippen LogP contribution in [0.3, 0.4) is 0 Å². The van der Waals surface area contributed by atoms with Gasteiger partial charge < -0.3 is 10.1 Å². The molecule has 0 fully saturated rings. The molecule has 21 heavy (non-hydrogen) atoms. The molecule has 5 heteroatoms. The number of nitrogens with zero attached hydrogens (tertiary/aromatic N) is 1. The van der Waals surface area contributed by atoms with Crippen molar-refractivity contribution in [3.63, 3.8) is 0 Å². The Morgan fingerprint density at radius 3 is 2.67 bits per heavy atom. The predicted octanol–water partition coefficient (Wildman–Crippen LogP) is 4.01. The molecule has 0 unspecified atom stereocenters. The van der Waals surface area contributed by atoms with Crippen molar-refractivity contribution in [2.75, 3.05) is 13.1 Å². The minimum absolute atomic E-state index is 0.352. The first-order valence-electron chi connectivity index (χ1n) is 6.74. The molecule has 1 N–H and O–H groups in total. The zero-order valence-electron chi connectivity index (χ0n) is 11.3. The lowest BCUT2D eigenvalue weighted by Gasteiger charge is -2.18. The Hall–Kier alpha value is -2.07. The van der Waals surface area contributed by atoms with Crippen LogP contribution in [0.25, 0.3) is 0 Å². The van der Waals surface area contributed by atoms with Gasteiger partial charge in [0.25, 0.3) is 0 Å². The maximum atomic E-state index is 14.2. The van der Waals surface area contributed by atoms with Gasteiger partial charge in [-0.1, -0.05) is 17.7 Å². The fraction of sp³-hybridized carbons (Fsp3) is 0.188. The number of aliphatic imine (C=N–C) groups is 1. The minimum Gasteiger partial charge on any atom is -0.456 e. The maximum absolute atomic E-state index is 14.2. The molecular formula is C16H14ClFN2O. The van der Waals surface area contributed by atoms with E-state index in [2.05, 4.69) is 10.3 Å². The van der Waals surface area contributed by atoms with Crippen molar-refractivity contribution in [1.82, 2.24) is 5.32 Å². The van der Waals surface area contributed by atoms with Gasteiger partial charge in [0.1, 0.15) is 23.2 Å². The van der Waals surface area contributed by atoms with Crippen LogP contribution in [0.5, 0.6) is 11.5 Å². The van der Waals surface area contributed by atoms with Crippen LogP contribution in [0.15, 0.2) is 47.5 Å². The van der Waals surface area contributed by atoms with Crippen LogP contribution < -0.4 is 10.1 Å². The van der Waals surface area contributed by atoms with Crippen molar-refractivity contribution >= 4 is 17.4 Å². The fourth-order valence-corrected chi connectivity index (χ4v) is 2.27. The van der Waals surface area contributed by atoms with Gasteiger partial charge in [0.2, 0.25) is 0 Å². The Balaban J connectivity index is 1.96. The molecule has 3 nitrogen and oxygen atoms in total. The molecule has 0 aromatic heterocycles. The van der Waals surface area contributed by atoms with Gasteiger partial charge in [0.15, 0.2) is 0 Å². The summed E-state index contributed by atoms with van der Waals surface area (Å²) in [6.45, 7) is 1.48. The van der Waals surface area contributed by atoms with Crippen LogP contribution in [0.4, 0.5) is 4.39 Å². The van der Waals surface area contributed by atoms with Crippen LogP contribution in [0.2, 0.25) is 5.02 Å². The number of rotatable bonds is 3. The van der Waals surface area contributed by atoms with E-state index in [0.29, 0.717) is 34.5 Å². The second-order valence-electron chi connectivity index (χ2n) is 4.68. The first-order chi connectivity index (χ1) is 10.2. The van der Waals surface area contributed by atoms with Gasteiger partial charge in [-0.05, 0) is 42.8 Å². The predicted molar refractivity (Wildman–Crippen MR) is 81.9 cm³/mol. The molecule has 0 aliphatic carbocycles. The highest BCUT2D eigenvalue weighted by molar-refractivity contribution is 6.30. The zero-order chi connectivity index (χ0) is 14.7. The van der Waals surface area contributed by atoms with E-state index in [1.165, 1.54) is 6.07 Å². The minimum atomic E-state index is -0.352. The van der Waals surface area contributed by atoms with Crippen LogP contribution in [0, 0.1) is 5.82 Å². The van der Waals surface area contributed by atoms with Crippen molar-refractivity contribution in [2.24, 2.45) is 4.99 Å². The summed E-state index contributed by atoms with van der Waals surface area (Å²) in [5.74, 6) is 1.23. The second-order valence-corrected chi connectivity index (χ2v) is 5.12. The molecule has 108 valence electrons. The van der Waals surface area contributed by atoms with E-state index in [1.807, 2.05) is 0 Å². The van der Waals surface area contributed by atoms with Gasteiger partial charge in [0.05, 0.1) is 5.56 Å². The third kappa shape index (κ3) is 3.16. The quantitative estimate of drug-likeness (QED) is 0.929. The molecule has 0 atom stereocenters. The lowest BCUT2D eigenvalue weighted by atomic mass is 10.1. The topological polar surface area (TPSA) is 33.6 Å². The average molecular weight is 305 g/mol. The summed E-state index contributed by atoms with van der Waals surface area (Å²) in [5, 5.41) is 3.75. The molecule has 0 radical (unpaired) electrons. The molecule has 1 aliphatic rings. The summed E-state index contributed by atoms with van der Waals surface area (Å²) < 4.78 is 20.0. The summed E-state index contributed by atoms with van der Waals surface area (Å²) in [6.07, 6.45) is 0.950. The van der Waals surface area contributed by atoms with Crippen molar-refractivity contribution < 1.29 is 9.13 Å². The lowest BCUT2D eigenvalue weighted by Crippen LogP contribution is -2.31. The Labute approximate surface area is 127 Å². The van der Waals surface area contributed by atoms with Crippen LogP contribution in [-0.4, -0.2) is 18.9 Å². The molecule has 0 bridgehead atoms. The largest absolute Gasteiger partial charge is 0.456 e. The van der Waals surface area contributed by atoms with Gasteiger partial charge >= 0.3 is 0 Å². The highest BCUT2D eigenvalue weighted by Gasteiger charge is 2.18.